The Labute approximate surface area is 161 Å². The first kappa shape index (κ1) is 19.0. The number of carbonyl (C=O) groups is 1. The Hall–Kier alpha value is -2.82. The van der Waals surface area contributed by atoms with Gasteiger partial charge in [0.05, 0.1) is 0 Å². The molecule has 0 fully saturated rings. The monoisotopic (exact) mass is 364 g/mol. The quantitative estimate of drug-likeness (QED) is 0.471. The molecule has 1 heterocycles. The van der Waals surface area contributed by atoms with Crippen LogP contribution in [0.2, 0.25) is 0 Å². The van der Waals surface area contributed by atoms with Crippen molar-refractivity contribution in [1.29, 1.82) is 0 Å². The Morgan fingerprint density at radius 3 is 2.67 bits per heavy atom. The maximum absolute atomic E-state index is 12.5. The summed E-state index contributed by atoms with van der Waals surface area (Å²) in [5.74, 6) is 0.957. The SMILES string of the molecule is CN=C(NCCCC(=O)N1CCc2ccccc21)NCc1ccc(C)cc1. The van der Waals surface area contributed by atoms with Crippen LogP contribution in [-0.4, -0.2) is 32.0 Å². The molecule has 0 unspecified atom stereocenters. The molecule has 2 N–H and O–H groups in total. The van der Waals surface area contributed by atoms with E-state index >= 15 is 0 Å². The Morgan fingerprint density at radius 1 is 1.11 bits per heavy atom. The lowest BCUT2D eigenvalue weighted by molar-refractivity contribution is -0.118. The van der Waals surface area contributed by atoms with Gasteiger partial charge in [0, 0.05) is 38.8 Å². The van der Waals surface area contributed by atoms with Crippen molar-refractivity contribution in [1.82, 2.24) is 10.6 Å². The smallest absolute Gasteiger partial charge is 0.227 e. The third-order valence-electron chi connectivity index (χ3n) is 4.85. The van der Waals surface area contributed by atoms with Gasteiger partial charge in [-0.25, -0.2) is 0 Å². The minimum absolute atomic E-state index is 0.198. The maximum atomic E-state index is 12.5. The van der Waals surface area contributed by atoms with Gasteiger partial charge in [0.15, 0.2) is 5.96 Å². The van der Waals surface area contributed by atoms with E-state index in [1.54, 1.807) is 7.05 Å². The molecule has 5 nitrogen and oxygen atoms in total. The molecular formula is C22H28N4O. The highest BCUT2D eigenvalue weighted by atomic mass is 16.2. The van der Waals surface area contributed by atoms with Gasteiger partial charge in [-0.1, -0.05) is 48.0 Å². The lowest BCUT2D eigenvalue weighted by Gasteiger charge is -2.17. The fourth-order valence-electron chi connectivity index (χ4n) is 3.29. The molecule has 0 saturated heterocycles. The second-order valence-corrected chi connectivity index (χ2v) is 6.87. The summed E-state index contributed by atoms with van der Waals surface area (Å²) in [7, 11) is 1.76. The Balaban J connectivity index is 1.38. The van der Waals surface area contributed by atoms with Crippen molar-refractivity contribution < 1.29 is 4.79 Å². The van der Waals surface area contributed by atoms with Crippen LogP contribution >= 0.6 is 0 Å². The fourth-order valence-corrected chi connectivity index (χ4v) is 3.29. The standard InChI is InChI=1S/C22H28N4O/c1-17-9-11-18(12-10-17)16-25-22(23-2)24-14-5-8-21(27)26-15-13-19-6-3-4-7-20(19)26/h3-4,6-7,9-12H,5,8,13-16H2,1-2H3,(H2,23,24,25). The Bertz CT molecular complexity index is 798. The molecule has 0 radical (unpaired) electrons. The molecule has 5 heteroatoms. The first-order valence-electron chi connectivity index (χ1n) is 9.55. The predicted molar refractivity (Wildman–Crippen MR) is 111 cm³/mol. The van der Waals surface area contributed by atoms with Crippen molar-refractivity contribution in [2.75, 3.05) is 25.0 Å². The molecule has 0 atom stereocenters. The molecule has 0 aliphatic carbocycles. The predicted octanol–water partition coefficient (Wildman–Crippen LogP) is 3.03. The van der Waals surface area contributed by atoms with Gasteiger partial charge in [0.1, 0.15) is 0 Å². The van der Waals surface area contributed by atoms with Crippen LogP contribution in [0, 0.1) is 6.92 Å². The lowest BCUT2D eigenvalue weighted by atomic mass is 10.1. The molecule has 1 amide bonds. The minimum atomic E-state index is 0.198. The summed E-state index contributed by atoms with van der Waals surface area (Å²) >= 11 is 0. The number of benzene rings is 2. The summed E-state index contributed by atoms with van der Waals surface area (Å²) in [4.78, 5) is 18.7. The number of hydrogen-bond donors (Lipinski definition) is 2. The second-order valence-electron chi connectivity index (χ2n) is 6.87. The highest BCUT2D eigenvalue weighted by Gasteiger charge is 2.23. The molecule has 1 aliphatic rings. The number of hydrogen-bond acceptors (Lipinski definition) is 2. The molecule has 2 aromatic carbocycles. The summed E-state index contributed by atoms with van der Waals surface area (Å²) in [6.45, 7) is 4.32. The Morgan fingerprint density at radius 2 is 1.89 bits per heavy atom. The molecule has 2 aromatic rings. The number of rotatable bonds is 6. The topological polar surface area (TPSA) is 56.7 Å². The van der Waals surface area contributed by atoms with Crippen LogP contribution < -0.4 is 15.5 Å². The molecule has 0 spiro atoms. The number of para-hydroxylation sites is 1. The van der Waals surface area contributed by atoms with Crippen molar-refractivity contribution in [3.63, 3.8) is 0 Å². The zero-order valence-corrected chi connectivity index (χ0v) is 16.2. The van der Waals surface area contributed by atoms with E-state index in [1.807, 2.05) is 23.1 Å². The molecule has 1 aliphatic heterocycles. The number of nitrogens with zero attached hydrogens (tertiary/aromatic N) is 2. The number of aryl methyl sites for hydroxylation is 1. The second kappa shape index (κ2) is 9.21. The number of nitrogens with one attached hydrogen (secondary N) is 2. The van der Waals surface area contributed by atoms with Crippen molar-refractivity contribution in [2.24, 2.45) is 4.99 Å². The maximum Gasteiger partial charge on any atom is 0.227 e. The van der Waals surface area contributed by atoms with E-state index in [0.717, 1.165) is 44.1 Å². The van der Waals surface area contributed by atoms with Gasteiger partial charge in [0.2, 0.25) is 5.91 Å². The number of amides is 1. The highest BCUT2D eigenvalue weighted by molar-refractivity contribution is 5.95. The number of aliphatic imine (C=N–C) groups is 1. The van der Waals surface area contributed by atoms with Crippen molar-refractivity contribution in [3.05, 3.63) is 65.2 Å². The molecule has 0 aromatic heterocycles. The third kappa shape index (κ3) is 5.09. The zero-order chi connectivity index (χ0) is 19.1. The zero-order valence-electron chi connectivity index (χ0n) is 16.2. The van der Waals surface area contributed by atoms with Gasteiger partial charge < -0.3 is 15.5 Å². The van der Waals surface area contributed by atoms with E-state index in [1.165, 1.54) is 16.7 Å². The average molecular weight is 364 g/mol. The fraction of sp³-hybridized carbons (Fsp3) is 0.364. The number of carbonyl (C=O) groups excluding carboxylic acids is 1. The third-order valence-corrected chi connectivity index (χ3v) is 4.85. The van der Waals surface area contributed by atoms with E-state index in [4.69, 9.17) is 0 Å². The van der Waals surface area contributed by atoms with Crippen LogP contribution in [0.15, 0.2) is 53.5 Å². The summed E-state index contributed by atoms with van der Waals surface area (Å²) < 4.78 is 0. The molecule has 0 bridgehead atoms. The first-order valence-corrected chi connectivity index (χ1v) is 9.55. The number of fused-ring (bicyclic) bond motifs is 1. The normalized spacial score (nSPS) is 13.4. The van der Waals surface area contributed by atoms with E-state index < -0.39 is 0 Å². The van der Waals surface area contributed by atoms with Crippen molar-refractivity contribution in [2.45, 2.75) is 32.7 Å². The number of guanidine groups is 1. The van der Waals surface area contributed by atoms with E-state index in [2.05, 4.69) is 52.9 Å². The van der Waals surface area contributed by atoms with Gasteiger partial charge in [0.25, 0.3) is 0 Å². The van der Waals surface area contributed by atoms with E-state index in [9.17, 15) is 4.79 Å². The summed E-state index contributed by atoms with van der Waals surface area (Å²) in [6.07, 6.45) is 2.27. The molecule has 27 heavy (non-hydrogen) atoms. The lowest BCUT2D eigenvalue weighted by Crippen LogP contribution is -2.37. The van der Waals surface area contributed by atoms with Crippen molar-refractivity contribution in [3.8, 4) is 0 Å². The van der Waals surface area contributed by atoms with Crippen molar-refractivity contribution >= 4 is 17.6 Å². The highest BCUT2D eigenvalue weighted by Crippen LogP contribution is 2.27. The molecule has 3 rings (SSSR count). The van der Waals surface area contributed by atoms with Crippen LogP contribution in [-0.2, 0) is 17.8 Å². The van der Waals surface area contributed by atoms with Gasteiger partial charge in [-0.05, 0) is 37.0 Å². The largest absolute Gasteiger partial charge is 0.356 e. The Kier molecular flexibility index (Phi) is 6.47. The number of anilines is 1. The van der Waals surface area contributed by atoms with Crippen LogP contribution in [0.1, 0.15) is 29.5 Å². The minimum Gasteiger partial charge on any atom is -0.356 e. The molecular weight excluding hydrogens is 336 g/mol. The molecule has 0 saturated carbocycles. The van der Waals surface area contributed by atoms with E-state index in [0.29, 0.717) is 6.42 Å². The van der Waals surface area contributed by atoms with Gasteiger partial charge in [-0.3, -0.25) is 9.79 Å². The summed E-state index contributed by atoms with van der Waals surface area (Å²) in [5.41, 5.74) is 4.81. The van der Waals surface area contributed by atoms with Crippen LogP contribution in [0.25, 0.3) is 0 Å². The van der Waals surface area contributed by atoms with Crippen LogP contribution in [0.4, 0.5) is 5.69 Å². The average Bonchev–Trinajstić information content (AvgIpc) is 3.13. The first-order chi connectivity index (χ1) is 13.2. The van der Waals surface area contributed by atoms with Gasteiger partial charge in [-0.2, -0.15) is 0 Å². The van der Waals surface area contributed by atoms with Gasteiger partial charge >= 0.3 is 0 Å². The summed E-state index contributed by atoms with van der Waals surface area (Å²) in [6, 6.07) is 16.6. The van der Waals surface area contributed by atoms with Crippen LogP contribution in [0.3, 0.4) is 0 Å². The van der Waals surface area contributed by atoms with E-state index in [-0.39, 0.29) is 5.91 Å². The summed E-state index contributed by atoms with van der Waals surface area (Å²) in [5, 5.41) is 6.59. The van der Waals surface area contributed by atoms with Crippen LogP contribution in [0.5, 0.6) is 0 Å². The molecule has 142 valence electrons. The van der Waals surface area contributed by atoms with Gasteiger partial charge in [-0.15, -0.1) is 0 Å².